The Bertz CT molecular complexity index is 1960. The summed E-state index contributed by atoms with van der Waals surface area (Å²) in [6.45, 7) is 4.46. The lowest BCUT2D eigenvalue weighted by molar-refractivity contribution is -0.127. The number of rotatable bonds is 9. The van der Waals surface area contributed by atoms with Crippen LogP contribution in [0, 0.1) is 6.92 Å². The lowest BCUT2D eigenvalue weighted by Crippen LogP contribution is -2.51. The van der Waals surface area contributed by atoms with Crippen molar-refractivity contribution in [2.75, 3.05) is 28.8 Å². The summed E-state index contributed by atoms with van der Waals surface area (Å²) in [5, 5.41) is 3.71. The Morgan fingerprint density at radius 3 is 2.44 bits per heavy atom. The second-order valence-electron chi connectivity index (χ2n) is 10.8. The number of carbonyl (C=O) groups excluding carboxylic acids is 2. The molecule has 2 heterocycles. The van der Waals surface area contributed by atoms with Gasteiger partial charge in [0.25, 0.3) is 21.8 Å². The largest absolute Gasteiger partial charge is 0.477 e. The molecule has 5 aromatic rings. The maximum atomic E-state index is 14.0. The van der Waals surface area contributed by atoms with Gasteiger partial charge >= 0.3 is 0 Å². The summed E-state index contributed by atoms with van der Waals surface area (Å²) in [4.78, 5) is 29.4. The molecule has 0 bridgehead atoms. The van der Waals surface area contributed by atoms with Crippen LogP contribution in [0.1, 0.15) is 27.7 Å². The number of amides is 2. The van der Waals surface area contributed by atoms with Crippen LogP contribution in [-0.4, -0.2) is 46.0 Å². The number of aryl methyl sites for hydroxylation is 1. The van der Waals surface area contributed by atoms with E-state index in [0.717, 1.165) is 21.2 Å². The lowest BCUT2D eigenvalue weighted by atomic mass is 10.1. The van der Waals surface area contributed by atoms with E-state index in [1.165, 1.54) is 15.6 Å². The Labute approximate surface area is 266 Å². The molecule has 2 amide bonds. The van der Waals surface area contributed by atoms with E-state index in [1.54, 1.807) is 66.4 Å². The molecule has 10 heteroatoms. The van der Waals surface area contributed by atoms with Crippen LogP contribution in [0.3, 0.4) is 0 Å². The predicted octanol–water partition coefficient (Wildman–Crippen LogP) is 6.19. The van der Waals surface area contributed by atoms with Crippen LogP contribution >= 0.6 is 11.3 Å². The van der Waals surface area contributed by atoms with Gasteiger partial charge in [-0.1, -0.05) is 60.2 Å². The van der Waals surface area contributed by atoms with E-state index in [2.05, 4.69) is 5.32 Å². The molecule has 8 nitrogen and oxygen atoms in total. The van der Waals surface area contributed by atoms with Gasteiger partial charge in [-0.15, -0.1) is 11.3 Å². The van der Waals surface area contributed by atoms with Gasteiger partial charge < -0.3 is 10.1 Å². The number of fused-ring (bicyclic) bond motifs is 2. The zero-order valence-corrected chi connectivity index (χ0v) is 26.6. The number of thiophene rings is 1. The first-order valence-electron chi connectivity index (χ1n) is 14.8. The van der Waals surface area contributed by atoms with E-state index in [-0.39, 0.29) is 29.8 Å². The average molecular weight is 640 g/mol. The number of hydrogen-bond donors (Lipinski definition) is 1. The highest BCUT2D eigenvalue weighted by Gasteiger charge is 2.35. The molecule has 1 atom stereocenters. The molecular formula is C35H33N3O5S2. The number of hydrogen-bond acceptors (Lipinski definition) is 6. The van der Waals surface area contributed by atoms with E-state index >= 15 is 0 Å². The fraction of sp³-hybridized carbons (Fsp3) is 0.200. The second-order valence-corrected chi connectivity index (χ2v) is 13.8. The van der Waals surface area contributed by atoms with Crippen LogP contribution in [0.4, 0.5) is 11.4 Å². The normalized spacial score (nSPS) is 14.4. The zero-order chi connectivity index (χ0) is 31.6. The molecule has 6 rings (SSSR count). The molecular weight excluding hydrogens is 607 g/mol. The highest BCUT2D eigenvalue weighted by molar-refractivity contribution is 7.92. The summed E-state index contributed by atoms with van der Waals surface area (Å²) >= 11 is 1.33. The van der Waals surface area contributed by atoms with E-state index in [9.17, 15) is 18.0 Å². The molecule has 0 fully saturated rings. The number of anilines is 2. The number of nitrogens with zero attached hydrogens (tertiary/aromatic N) is 2. The van der Waals surface area contributed by atoms with Crippen molar-refractivity contribution in [1.82, 2.24) is 5.32 Å². The van der Waals surface area contributed by atoms with Gasteiger partial charge in [0.05, 0.1) is 27.7 Å². The van der Waals surface area contributed by atoms with Crippen LogP contribution < -0.4 is 19.3 Å². The molecule has 4 aromatic carbocycles. The van der Waals surface area contributed by atoms with Crippen molar-refractivity contribution in [2.24, 2.45) is 0 Å². The van der Waals surface area contributed by atoms with Gasteiger partial charge in [0, 0.05) is 17.8 Å². The van der Waals surface area contributed by atoms with Gasteiger partial charge in [-0.2, -0.15) is 0 Å². The van der Waals surface area contributed by atoms with Crippen molar-refractivity contribution < 1.29 is 22.7 Å². The molecule has 0 radical (unpaired) electrons. The van der Waals surface area contributed by atoms with Gasteiger partial charge in [0.1, 0.15) is 5.75 Å². The first kappa shape index (κ1) is 30.4. The second kappa shape index (κ2) is 12.7. The summed E-state index contributed by atoms with van der Waals surface area (Å²) in [5.74, 6) is -0.0764. The molecule has 1 aromatic heterocycles. The van der Waals surface area contributed by atoms with Crippen molar-refractivity contribution in [3.05, 3.63) is 119 Å². The van der Waals surface area contributed by atoms with Crippen LogP contribution in [-0.2, 0) is 21.2 Å². The van der Waals surface area contributed by atoms with Gasteiger partial charge in [-0.3, -0.25) is 18.8 Å². The fourth-order valence-corrected chi connectivity index (χ4v) is 7.86. The number of benzene rings is 4. The average Bonchev–Trinajstić information content (AvgIpc) is 3.48. The Morgan fingerprint density at radius 1 is 0.956 bits per heavy atom. The van der Waals surface area contributed by atoms with Crippen molar-refractivity contribution in [3.8, 4) is 5.75 Å². The van der Waals surface area contributed by atoms with Crippen LogP contribution in [0.15, 0.2) is 108 Å². The highest BCUT2D eigenvalue weighted by Crippen LogP contribution is 2.37. The molecule has 0 saturated carbocycles. The van der Waals surface area contributed by atoms with Gasteiger partial charge in [-0.05, 0) is 79.7 Å². The SMILES string of the molecule is CCN(c1ccc2sc(C(=O)N3C[C@H](C(=O)NCCc4ccccc4)Oc4ccccc43)cc2c1)S(=O)(=O)c1ccc(C)cc1. The van der Waals surface area contributed by atoms with Crippen LogP contribution in [0.5, 0.6) is 5.75 Å². The minimum Gasteiger partial charge on any atom is -0.477 e. The summed E-state index contributed by atoms with van der Waals surface area (Å²) in [5.41, 5.74) is 3.21. The van der Waals surface area contributed by atoms with Crippen LogP contribution in [0.25, 0.3) is 10.1 Å². The van der Waals surface area contributed by atoms with E-state index in [1.807, 2.05) is 55.5 Å². The first-order valence-corrected chi connectivity index (χ1v) is 17.0. The molecule has 1 aliphatic heterocycles. The molecule has 0 aliphatic carbocycles. The summed E-state index contributed by atoms with van der Waals surface area (Å²) in [7, 11) is -3.78. The first-order chi connectivity index (χ1) is 21.7. The van der Waals surface area contributed by atoms with Crippen molar-refractivity contribution >= 4 is 54.6 Å². The minimum absolute atomic E-state index is 0.0604. The van der Waals surface area contributed by atoms with E-state index in [0.29, 0.717) is 35.0 Å². The van der Waals surface area contributed by atoms with Crippen molar-refractivity contribution in [3.63, 3.8) is 0 Å². The lowest BCUT2D eigenvalue weighted by Gasteiger charge is -2.34. The third-order valence-corrected chi connectivity index (χ3v) is 10.8. The smallest absolute Gasteiger partial charge is 0.268 e. The maximum absolute atomic E-state index is 14.0. The summed E-state index contributed by atoms with van der Waals surface area (Å²) in [6, 6.07) is 31.1. The standard InChI is InChI=1S/C35H33N3O5S2/c1-3-38(45(41,42)28-16-13-24(2)14-17-28)27-15-18-32-26(21-27)22-33(44-32)35(40)37-23-31(43-30-12-8-7-11-29(30)37)34(39)36-20-19-25-9-5-4-6-10-25/h4-18,21-22,31H,3,19-20,23H2,1-2H3,(H,36,39)/t31-/m1/s1. The minimum atomic E-state index is -3.78. The van der Waals surface area contributed by atoms with Crippen molar-refractivity contribution in [1.29, 1.82) is 0 Å². The molecule has 0 spiro atoms. The van der Waals surface area contributed by atoms with E-state index < -0.39 is 16.1 Å². The third kappa shape index (κ3) is 6.29. The Balaban J connectivity index is 1.23. The van der Waals surface area contributed by atoms with E-state index in [4.69, 9.17) is 4.74 Å². The fourth-order valence-electron chi connectivity index (χ4n) is 5.40. The third-order valence-electron chi connectivity index (χ3n) is 7.76. The molecule has 230 valence electrons. The van der Waals surface area contributed by atoms with Crippen molar-refractivity contribution in [2.45, 2.75) is 31.3 Å². The number of para-hydroxylation sites is 2. The van der Waals surface area contributed by atoms with Gasteiger partial charge in [0.15, 0.2) is 6.10 Å². The molecule has 0 unspecified atom stereocenters. The van der Waals surface area contributed by atoms with Crippen LogP contribution in [0.2, 0.25) is 0 Å². The number of nitrogens with one attached hydrogen (secondary N) is 1. The summed E-state index contributed by atoms with van der Waals surface area (Å²) < 4.78 is 35.2. The number of carbonyl (C=O) groups is 2. The highest BCUT2D eigenvalue weighted by atomic mass is 32.2. The maximum Gasteiger partial charge on any atom is 0.268 e. The number of sulfonamides is 1. The number of ether oxygens (including phenoxy) is 1. The van der Waals surface area contributed by atoms with Gasteiger partial charge in [-0.25, -0.2) is 8.42 Å². The summed E-state index contributed by atoms with van der Waals surface area (Å²) in [6.07, 6.45) is -0.185. The molecule has 1 aliphatic rings. The predicted molar refractivity (Wildman–Crippen MR) is 179 cm³/mol. The molecule has 0 saturated heterocycles. The topological polar surface area (TPSA) is 96.0 Å². The monoisotopic (exact) mass is 639 g/mol. The quantitative estimate of drug-likeness (QED) is 0.208. The molecule has 45 heavy (non-hydrogen) atoms. The Kier molecular flexibility index (Phi) is 8.60. The zero-order valence-electron chi connectivity index (χ0n) is 25.0. The Morgan fingerprint density at radius 2 is 1.69 bits per heavy atom. The van der Waals surface area contributed by atoms with Gasteiger partial charge in [0.2, 0.25) is 0 Å². The molecule has 1 N–H and O–H groups in total. The Hall–Kier alpha value is -4.67.